The average Bonchev–Trinajstić information content (AvgIpc) is 2.77. The molecule has 1 fully saturated rings. The number of nitrogens with one attached hydrogen (secondary N) is 1. The summed E-state index contributed by atoms with van der Waals surface area (Å²) in [5.41, 5.74) is 2.81. The number of hydrogen-bond acceptors (Lipinski definition) is 4. The largest absolute Gasteiger partial charge is 0.284 e. The van der Waals surface area contributed by atoms with Crippen LogP contribution in [0, 0.1) is 5.82 Å². The highest BCUT2D eigenvalue weighted by molar-refractivity contribution is 7.92. The van der Waals surface area contributed by atoms with Crippen LogP contribution < -0.4 is 4.72 Å². The molecule has 0 aliphatic carbocycles. The molecule has 0 radical (unpaired) electrons. The van der Waals surface area contributed by atoms with E-state index >= 15 is 4.39 Å². The van der Waals surface area contributed by atoms with Crippen molar-refractivity contribution in [3.05, 3.63) is 89.7 Å². The van der Waals surface area contributed by atoms with Crippen LogP contribution in [0.4, 0.5) is 10.1 Å². The summed E-state index contributed by atoms with van der Waals surface area (Å²) in [5, 5.41) is -0.633. The van der Waals surface area contributed by atoms with Gasteiger partial charge in [-0.2, -0.15) is 4.31 Å². The average molecular weight is 503 g/mol. The normalized spacial score (nSPS) is 20.7. The van der Waals surface area contributed by atoms with Crippen molar-refractivity contribution in [2.45, 2.75) is 37.6 Å². The Hall–Kier alpha value is -2.75. The lowest BCUT2D eigenvalue weighted by Crippen LogP contribution is -2.44. The molecule has 0 saturated carbocycles. The van der Waals surface area contributed by atoms with Crippen LogP contribution in [0.5, 0.6) is 0 Å². The van der Waals surface area contributed by atoms with Crippen molar-refractivity contribution < 1.29 is 21.2 Å². The first-order valence-corrected chi connectivity index (χ1v) is 14.4. The van der Waals surface area contributed by atoms with E-state index in [2.05, 4.69) is 4.72 Å². The zero-order valence-corrected chi connectivity index (χ0v) is 20.6. The van der Waals surface area contributed by atoms with Gasteiger partial charge in [0, 0.05) is 23.8 Å². The lowest BCUT2D eigenvalue weighted by molar-refractivity contribution is 0.279. The Morgan fingerprint density at radius 1 is 0.971 bits per heavy atom. The molecule has 1 saturated heterocycles. The van der Waals surface area contributed by atoms with E-state index in [1.54, 1.807) is 36.4 Å². The van der Waals surface area contributed by atoms with Crippen molar-refractivity contribution in [1.82, 2.24) is 4.31 Å². The van der Waals surface area contributed by atoms with Gasteiger partial charge in [-0.3, -0.25) is 4.72 Å². The third-order valence-electron chi connectivity index (χ3n) is 6.10. The molecule has 1 unspecified atom stereocenters. The summed E-state index contributed by atoms with van der Waals surface area (Å²) < 4.78 is 68.4. The standard InChI is InChI=1S/C25H27FN2O4S2/c1-18-8-15-25(20-6-4-3-5-7-20)34(31,32)28(18)17-22-10-9-21(16-24(22)26)19-11-13-23(14-12-19)27-33(2,29)30/h3-7,9-14,16,18,25,27H,8,15,17H2,1-2H3/t18-,25?/m0/s1. The lowest BCUT2D eigenvalue weighted by Gasteiger charge is -2.37. The van der Waals surface area contributed by atoms with Crippen LogP contribution in [0.3, 0.4) is 0 Å². The molecule has 0 spiro atoms. The number of hydrogen-bond donors (Lipinski definition) is 1. The Labute approximate surface area is 200 Å². The SMILES string of the molecule is C[C@H]1CCC(c2ccccc2)S(=O)(=O)N1Cc1ccc(-c2ccc(NS(C)(=O)=O)cc2)cc1F. The molecule has 3 aromatic carbocycles. The monoisotopic (exact) mass is 502 g/mol. The van der Waals surface area contributed by atoms with E-state index in [1.165, 1.54) is 10.4 Å². The Morgan fingerprint density at radius 2 is 1.62 bits per heavy atom. The van der Waals surface area contributed by atoms with Crippen LogP contribution in [0.1, 0.15) is 36.1 Å². The van der Waals surface area contributed by atoms with Gasteiger partial charge in [0.15, 0.2) is 0 Å². The third-order valence-corrected chi connectivity index (χ3v) is 9.07. The summed E-state index contributed by atoms with van der Waals surface area (Å²) >= 11 is 0. The van der Waals surface area contributed by atoms with E-state index in [1.807, 2.05) is 37.3 Å². The fourth-order valence-electron chi connectivity index (χ4n) is 4.32. The number of benzene rings is 3. The van der Waals surface area contributed by atoms with Crippen molar-refractivity contribution in [2.24, 2.45) is 0 Å². The van der Waals surface area contributed by atoms with E-state index in [4.69, 9.17) is 0 Å². The van der Waals surface area contributed by atoms with E-state index in [0.717, 1.165) is 11.8 Å². The molecule has 180 valence electrons. The molecule has 1 N–H and O–H groups in total. The van der Waals surface area contributed by atoms with Crippen molar-refractivity contribution >= 4 is 25.7 Å². The number of sulfonamides is 2. The molecule has 9 heteroatoms. The molecular formula is C25H27FN2O4S2. The smallest absolute Gasteiger partial charge is 0.229 e. The first-order chi connectivity index (χ1) is 16.0. The van der Waals surface area contributed by atoms with Crippen LogP contribution >= 0.6 is 0 Å². The molecule has 0 aromatic heterocycles. The molecule has 0 bridgehead atoms. The van der Waals surface area contributed by atoms with Gasteiger partial charge in [-0.1, -0.05) is 54.6 Å². The van der Waals surface area contributed by atoms with Gasteiger partial charge in [0.05, 0.1) is 6.26 Å². The third kappa shape index (κ3) is 5.32. The predicted octanol–water partition coefficient (Wildman–Crippen LogP) is 4.92. The minimum Gasteiger partial charge on any atom is -0.284 e. The number of rotatable bonds is 6. The van der Waals surface area contributed by atoms with Crippen molar-refractivity contribution in [3.63, 3.8) is 0 Å². The topological polar surface area (TPSA) is 83.6 Å². The Kier molecular flexibility index (Phi) is 6.80. The quantitative estimate of drug-likeness (QED) is 0.519. The molecule has 1 aliphatic heterocycles. The molecule has 1 aliphatic rings. The van der Waals surface area contributed by atoms with Gasteiger partial charge >= 0.3 is 0 Å². The zero-order chi connectivity index (χ0) is 24.5. The van der Waals surface area contributed by atoms with Crippen LogP contribution in [-0.2, 0) is 26.6 Å². The summed E-state index contributed by atoms with van der Waals surface area (Å²) in [7, 11) is -7.03. The maximum absolute atomic E-state index is 15.1. The van der Waals surface area contributed by atoms with E-state index in [-0.39, 0.29) is 12.6 Å². The highest BCUT2D eigenvalue weighted by Crippen LogP contribution is 2.38. The maximum Gasteiger partial charge on any atom is 0.229 e. The van der Waals surface area contributed by atoms with Gasteiger partial charge in [0.1, 0.15) is 11.1 Å². The van der Waals surface area contributed by atoms with Gasteiger partial charge in [0.2, 0.25) is 20.0 Å². The fraction of sp³-hybridized carbons (Fsp3) is 0.280. The van der Waals surface area contributed by atoms with E-state index in [9.17, 15) is 16.8 Å². The van der Waals surface area contributed by atoms with Gasteiger partial charge in [0.25, 0.3) is 0 Å². The van der Waals surface area contributed by atoms with Crippen LogP contribution in [-0.4, -0.2) is 33.4 Å². The van der Waals surface area contributed by atoms with Crippen LogP contribution in [0.15, 0.2) is 72.8 Å². The summed E-state index contributed by atoms with van der Waals surface area (Å²) in [6, 6.07) is 20.3. The second-order valence-electron chi connectivity index (χ2n) is 8.67. The van der Waals surface area contributed by atoms with Crippen molar-refractivity contribution in [2.75, 3.05) is 11.0 Å². The lowest BCUT2D eigenvalue weighted by atomic mass is 10.0. The van der Waals surface area contributed by atoms with Gasteiger partial charge in [-0.15, -0.1) is 0 Å². The van der Waals surface area contributed by atoms with E-state index in [0.29, 0.717) is 35.2 Å². The summed E-state index contributed by atoms with van der Waals surface area (Å²) in [6.45, 7) is 1.83. The van der Waals surface area contributed by atoms with Gasteiger partial charge < -0.3 is 0 Å². The predicted molar refractivity (Wildman–Crippen MR) is 133 cm³/mol. The molecule has 3 aromatic rings. The number of anilines is 1. The molecule has 1 heterocycles. The molecular weight excluding hydrogens is 475 g/mol. The van der Waals surface area contributed by atoms with E-state index < -0.39 is 31.1 Å². The minimum absolute atomic E-state index is 0.0316. The van der Waals surface area contributed by atoms with Crippen molar-refractivity contribution in [1.29, 1.82) is 0 Å². The molecule has 2 atom stereocenters. The number of halogens is 1. The van der Waals surface area contributed by atoms with Crippen LogP contribution in [0.2, 0.25) is 0 Å². The summed E-state index contributed by atoms with van der Waals surface area (Å²) in [4.78, 5) is 0. The van der Waals surface area contributed by atoms with Crippen LogP contribution in [0.25, 0.3) is 11.1 Å². The Balaban J connectivity index is 1.56. The molecule has 4 rings (SSSR count). The van der Waals surface area contributed by atoms with Crippen molar-refractivity contribution in [3.8, 4) is 11.1 Å². The second kappa shape index (κ2) is 9.48. The molecule has 34 heavy (non-hydrogen) atoms. The first-order valence-electron chi connectivity index (χ1n) is 11.0. The summed E-state index contributed by atoms with van der Waals surface area (Å²) in [6.07, 6.45) is 2.31. The minimum atomic E-state index is -3.65. The molecule has 6 nitrogen and oxygen atoms in total. The summed E-state index contributed by atoms with van der Waals surface area (Å²) in [5.74, 6) is -0.486. The molecule has 0 amide bonds. The first kappa shape index (κ1) is 24.4. The zero-order valence-electron chi connectivity index (χ0n) is 19.0. The maximum atomic E-state index is 15.1. The Bertz CT molecular complexity index is 1380. The Morgan fingerprint density at radius 3 is 2.24 bits per heavy atom. The highest BCUT2D eigenvalue weighted by atomic mass is 32.2. The van der Waals surface area contributed by atoms with Gasteiger partial charge in [-0.05, 0) is 54.7 Å². The van der Waals surface area contributed by atoms with Gasteiger partial charge in [-0.25, -0.2) is 21.2 Å². The highest BCUT2D eigenvalue weighted by Gasteiger charge is 2.40. The fourth-order valence-corrected chi connectivity index (χ4v) is 7.07. The second-order valence-corrected chi connectivity index (χ2v) is 12.5. The number of nitrogens with zero attached hydrogens (tertiary/aromatic N) is 1.